The van der Waals surface area contributed by atoms with E-state index in [0.717, 1.165) is 11.1 Å². The zero-order valence-corrected chi connectivity index (χ0v) is 14.3. The van der Waals surface area contributed by atoms with Gasteiger partial charge in [-0.3, -0.25) is 9.00 Å². The highest BCUT2D eigenvalue weighted by molar-refractivity contribution is 7.85. The predicted octanol–water partition coefficient (Wildman–Crippen LogP) is 3.34. The van der Waals surface area contributed by atoms with Gasteiger partial charge in [0.05, 0.1) is 5.25 Å². The first kappa shape index (κ1) is 15.9. The molecule has 2 aromatic rings. The van der Waals surface area contributed by atoms with E-state index < -0.39 is 10.8 Å². The summed E-state index contributed by atoms with van der Waals surface area (Å²) in [5, 5.41) is 0.0243. The topological polar surface area (TPSA) is 37.4 Å². The molecule has 0 aromatic heterocycles. The van der Waals surface area contributed by atoms with Crippen molar-refractivity contribution in [2.45, 2.75) is 25.1 Å². The van der Waals surface area contributed by atoms with Gasteiger partial charge in [-0.2, -0.15) is 0 Å². The van der Waals surface area contributed by atoms with Crippen LogP contribution in [0.1, 0.15) is 24.2 Å². The maximum absolute atomic E-state index is 12.7. The molecule has 3 rings (SSSR count). The normalized spacial score (nSPS) is 24.4. The Morgan fingerprint density at radius 1 is 1.00 bits per heavy atom. The molecule has 0 bridgehead atoms. The first-order valence-corrected chi connectivity index (χ1v) is 9.30. The summed E-state index contributed by atoms with van der Waals surface area (Å²) in [4.78, 5) is 14.6. The molecular weight excluding hydrogens is 306 g/mol. The lowest BCUT2D eigenvalue weighted by Gasteiger charge is -2.37. The van der Waals surface area contributed by atoms with E-state index in [1.807, 2.05) is 61.2 Å². The van der Waals surface area contributed by atoms with Crippen LogP contribution in [0.5, 0.6) is 0 Å². The Bertz CT molecular complexity index is 712. The van der Waals surface area contributed by atoms with Crippen LogP contribution in [0.25, 0.3) is 11.1 Å². The number of carbonyl (C=O) groups is 1. The Kier molecular flexibility index (Phi) is 4.62. The van der Waals surface area contributed by atoms with Crippen LogP contribution in [0.15, 0.2) is 54.6 Å². The third kappa shape index (κ3) is 3.22. The molecule has 23 heavy (non-hydrogen) atoms. The van der Waals surface area contributed by atoms with Gasteiger partial charge in [-0.1, -0.05) is 42.5 Å². The monoisotopic (exact) mass is 327 g/mol. The lowest BCUT2D eigenvalue weighted by Crippen LogP contribution is -2.52. The van der Waals surface area contributed by atoms with Gasteiger partial charge in [0, 0.05) is 34.7 Å². The molecule has 1 aliphatic rings. The molecule has 1 aliphatic heterocycles. The van der Waals surface area contributed by atoms with E-state index in [1.54, 1.807) is 0 Å². The Morgan fingerprint density at radius 3 is 2.26 bits per heavy atom. The minimum Gasteiger partial charge on any atom is -0.334 e. The van der Waals surface area contributed by atoms with Crippen LogP contribution >= 0.6 is 0 Å². The van der Waals surface area contributed by atoms with Crippen molar-refractivity contribution < 1.29 is 9.00 Å². The van der Waals surface area contributed by atoms with Crippen LogP contribution in [0.3, 0.4) is 0 Å². The van der Waals surface area contributed by atoms with Gasteiger partial charge in [0.15, 0.2) is 0 Å². The standard InChI is InChI=1S/C19H21NO2S/c1-14-15(2)23(22)13-12-20(14)19(21)18-10-8-17(9-11-18)16-6-4-3-5-7-16/h3-11,14-15H,12-13H2,1-2H3/t14-,15-,23+/m1/s1. The maximum atomic E-state index is 12.7. The van der Waals surface area contributed by atoms with E-state index in [4.69, 9.17) is 0 Å². The van der Waals surface area contributed by atoms with E-state index in [0.29, 0.717) is 17.9 Å². The quantitative estimate of drug-likeness (QED) is 0.848. The molecule has 120 valence electrons. The van der Waals surface area contributed by atoms with Crippen molar-refractivity contribution in [1.29, 1.82) is 0 Å². The van der Waals surface area contributed by atoms with Gasteiger partial charge < -0.3 is 4.90 Å². The highest BCUT2D eigenvalue weighted by atomic mass is 32.2. The van der Waals surface area contributed by atoms with Crippen LogP contribution < -0.4 is 0 Å². The molecule has 0 saturated carbocycles. The molecule has 0 unspecified atom stereocenters. The summed E-state index contributed by atoms with van der Waals surface area (Å²) in [6, 6.07) is 17.9. The Balaban J connectivity index is 1.79. The van der Waals surface area contributed by atoms with Crippen LogP contribution in [-0.4, -0.2) is 38.6 Å². The molecule has 0 spiro atoms. The fourth-order valence-corrected chi connectivity index (χ4v) is 4.27. The largest absolute Gasteiger partial charge is 0.334 e. The minimum absolute atomic E-state index is 0.00545. The van der Waals surface area contributed by atoms with Gasteiger partial charge in [0.1, 0.15) is 0 Å². The maximum Gasteiger partial charge on any atom is 0.254 e. The van der Waals surface area contributed by atoms with Crippen LogP contribution in [0, 0.1) is 0 Å². The summed E-state index contributed by atoms with van der Waals surface area (Å²) in [5.74, 6) is 0.597. The summed E-state index contributed by atoms with van der Waals surface area (Å²) < 4.78 is 11.9. The highest BCUT2D eigenvalue weighted by Gasteiger charge is 2.33. The molecule has 3 atom stereocenters. The third-order valence-corrected chi connectivity index (χ3v) is 6.43. The lowest BCUT2D eigenvalue weighted by molar-refractivity contribution is 0.0695. The second-order valence-corrected chi connectivity index (χ2v) is 7.89. The second kappa shape index (κ2) is 6.67. The zero-order valence-electron chi connectivity index (χ0n) is 13.4. The molecule has 1 amide bonds. The van der Waals surface area contributed by atoms with Crippen molar-refractivity contribution in [2.24, 2.45) is 0 Å². The van der Waals surface area contributed by atoms with Crippen molar-refractivity contribution in [1.82, 2.24) is 4.90 Å². The number of benzene rings is 2. The molecule has 0 radical (unpaired) electrons. The minimum atomic E-state index is -0.831. The average molecular weight is 327 g/mol. The van der Waals surface area contributed by atoms with Crippen LogP contribution in [0.4, 0.5) is 0 Å². The summed E-state index contributed by atoms with van der Waals surface area (Å²) in [7, 11) is -0.831. The SMILES string of the molecule is C[C@@H]1[C@@H](C)[S@@](=O)CCN1C(=O)c1ccc(-c2ccccc2)cc1. The number of rotatable bonds is 2. The number of hydrogen-bond donors (Lipinski definition) is 0. The number of hydrogen-bond acceptors (Lipinski definition) is 2. The first-order valence-electron chi connectivity index (χ1n) is 7.91. The van der Waals surface area contributed by atoms with Crippen molar-refractivity contribution >= 4 is 16.7 Å². The van der Waals surface area contributed by atoms with Crippen molar-refractivity contribution in [2.75, 3.05) is 12.3 Å². The van der Waals surface area contributed by atoms with Crippen molar-refractivity contribution in [3.05, 3.63) is 60.2 Å². The number of carbonyl (C=O) groups excluding carboxylic acids is 1. The fraction of sp³-hybridized carbons (Fsp3) is 0.316. The molecule has 4 heteroatoms. The Hall–Kier alpha value is -1.94. The van der Waals surface area contributed by atoms with E-state index >= 15 is 0 Å². The molecular formula is C19H21NO2S. The van der Waals surface area contributed by atoms with Crippen LogP contribution in [0.2, 0.25) is 0 Å². The molecule has 1 saturated heterocycles. The Labute approximate surface area is 139 Å². The van der Waals surface area contributed by atoms with Gasteiger partial charge in [-0.15, -0.1) is 0 Å². The molecule has 1 fully saturated rings. The predicted molar refractivity (Wildman–Crippen MR) is 94.8 cm³/mol. The van der Waals surface area contributed by atoms with Gasteiger partial charge in [0.2, 0.25) is 0 Å². The van der Waals surface area contributed by atoms with E-state index in [2.05, 4.69) is 12.1 Å². The van der Waals surface area contributed by atoms with Gasteiger partial charge in [-0.05, 0) is 37.1 Å². The third-order valence-electron chi connectivity index (χ3n) is 4.62. The van der Waals surface area contributed by atoms with Crippen molar-refractivity contribution in [3.8, 4) is 11.1 Å². The highest BCUT2D eigenvalue weighted by Crippen LogP contribution is 2.22. The van der Waals surface area contributed by atoms with Crippen LogP contribution in [-0.2, 0) is 10.8 Å². The van der Waals surface area contributed by atoms with E-state index in [1.165, 1.54) is 0 Å². The molecule has 3 nitrogen and oxygen atoms in total. The lowest BCUT2D eigenvalue weighted by atomic mass is 10.0. The van der Waals surface area contributed by atoms with Gasteiger partial charge >= 0.3 is 0 Å². The second-order valence-electron chi connectivity index (χ2n) is 5.97. The Morgan fingerprint density at radius 2 is 1.61 bits per heavy atom. The first-order chi connectivity index (χ1) is 11.1. The fourth-order valence-electron chi connectivity index (χ4n) is 2.94. The summed E-state index contributed by atoms with van der Waals surface area (Å²) in [5.41, 5.74) is 2.93. The zero-order chi connectivity index (χ0) is 16.4. The molecule has 2 aromatic carbocycles. The van der Waals surface area contributed by atoms with Gasteiger partial charge in [0.25, 0.3) is 5.91 Å². The molecule has 0 N–H and O–H groups in total. The number of amides is 1. The smallest absolute Gasteiger partial charge is 0.254 e. The summed E-state index contributed by atoms with van der Waals surface area (Å²) >= 11 is 0. The van der Waals surface area contributed by atoms with E-state index in [-0.39, 0.29) is 17.2 Å². The van der Waals surface area contributed by atoms with Crippen molar-refractivity contribution in [3.63, 3.8) is 0 Å². The summed E-state index contributed by atoms with van der Waals surface area (Å²) in [6.45, 7) is 4.51. The van der Waals surface area contributed by atoms with Gasteiger partial charge in [-0.25, -0.2) is 0 Å². The molecule has 0 aliphatic carbocycles. The number of nitrogens with zero attached hydrogens (tertiary/aromatic N) is 1. The summed E-state index contributed by atoms with van der Waals surface area (Å²) in [6.07, 6.45) is 0. The molecule has 1 heterocycles. The van der Waals surface area contributed by atoms with E-state index in [9.17, 15) is 9.00 Å². The average Bonchev–Trinajstić information content (AvgIpc) is 2.60.